The number of nitrogens with zero attached hydrogens (tertiary/aromatic N) is 3. The Labute approximate surface area is 164 Å². The van der Waals surface area contributed by atoms with Crippen LogP contribution in [0.5, 0.6) is 5.75 Å². The number of rotatable bonds is 5. The fraction of sp³-hybridized carbons (Fsp3) is 0.333. The number of benzene rings is 1. The van der Waals surface area contributed by atoms with E-state index in [0.717, 1.165) is 22.8 Å². The van der Waals surface area contributed by atoms with Crippen LogP contribution >= 0.6 is 0 Å². The first-order valence-corrected chi connectivity index (χ1v) is 9.02. The molecular formula is C21H24N4O3. The van der Waals surface area contributed by atoms with Crippen molar-refractivity contribution in [3.8, 4) is 5.75 Å². The van der Waals surface area contributed by atoms with Crippen LogP contribution in [-0.4, -0.2) is 21.0 Å². The molecule has 0 saturated carbocycles. The molecule has 1 amide bonds. The summed E-state index contributed by atoms with van der Waals surface area (Å²) in [6.45, 7) is 10.2. The highest BCUT2D eigenvalue weighted by molar-refractivity contribution is 6.04. The zero-order valence-electron chi connectivity index (χ0n) is 16.7. The van der Waals surface area contributed by atoms with Crippen molar-refractivity contribution >= 4 is 11.6 Å². The molecule has 0 radical (unpaired) electrons. The lowest BCUT2D eigenvalue weighted by molar-refractivity contribution is 0.102. The summed E-state index contributed by atoms with van der Waals surface area (Å²) in [6, 6.07) is 6.93. The lowest BCUT2D eigenvalue weighted by Gasteiger charge is -2.16. The molecule has 0 aliphatic rings. The highest BCUT2D eigenvalue weighted by Gasteiger charge is 2.17. The summed E-state index contributed by atoms with van der Waals surface area (Å²) in [7, 11) is 0. The zero-order valence-corrected chi connectivity index (χ0v) is 16.7. The van der Waals surface area contributed by atoms with Crippen molar-refractivity contribution in [3.63, 3.8) is 0 Å². The highest BCUT2D eigenvalue weighted by atomic mass is 16.5. The molecule has 28 heavy (non-hydrogen) atoms. The highest BCUT2D eigenvalue weighted by Crippen LogP contribution is 2.20. The minimum atomic E-state index is -0.232. The van der Waals surface area contributed by atoms with Gasteiger partial charge in [0.25, 0.3) is 5.91 Å². The van der Waals surface area contributed by atoms with E-state index in [-0.39, 0.29) is 11.3 Å². The molecule has 2 aromatic heterocycles. The van der Waals surface area contributed by atoms with Gasteiger partial charge in [0.15, 0.2) is 0 Å². The summed E-state index contributed by atoms with van der Waals surface area (Å²) in [5.74, 6) is 1.90. The van der Waals surface area contributed by atoms with Crippen molar-refractivity contribution < 1.29 is 14.1 Å². The van der Waals surface area contributed by atoms with Crippen molar-refractivity contribution in [1.29, 1.82) is 0 Å². The van der Waals surface area contributed by atoms with Crippen LogP contribution in [-0.2, 0) is 12.0 Å². The Bertz CT molecular complexity index is 935. The van der Waals surface area contributed by atoms with Gasteiger partial charge < -0.3 is 14.6 Å². The third-order valence-electron chi connectivity index (χ3n) is 4.26. The Morgan fingerprint density at radius 3 is 2.29 bits per heavy atom. The lowest BCUT2D eigenvalue weighted by Crippen LogP contribution is -2.17. The fourth-order valence-corrected chi connectivity index (χ4v) is 2.55. The molecule has 0 unspecified atom stereocenters. The smallest absolute Gasteiger partial charge is 0.255 e. The second kappa shape index (κ2) is 7.80. The molecule has 0 aliphatic carbocycles. The van der Waals surface area contributed by atoms with E-state index in [4.69, 9.17) is 9.26 Å². The summed E-state index contributed by atoms with van der Waals surface area (Å²) in [5, 5.41) is 6.71. The van der Waals surface area contributed by atoms with Gasteiger partial charge in [-0.1, -0.05) is 25.9 Å². The summed E-state index contributed by atoms with van der Waals surface area (Å²) < 4.78 is 10.9. The lowest BCUT2D eigenvalue weighted by atomic mass is 9.96. The maximum absolute atomic E-state index is 12.4. The second-order valence-corrected chi connectivity index (χ2v) is 7.62. The molecule has 7 nitrogen and oxygen atoms in total. The van der Waals surface area contributed by atoms with Gasteiger partial charge >= 0.3 is 0 Å². The molecule has 146 valence electrons. The molecule has 0 bridgehead atoms. The maximum atomic E-state index is 12.4. The number of aromatic nitrogens is 3. The van der Waals surface area contributed by atoms with Crippen molar-refractivity contribution in [2.24, 2.45) is 0 Å². The molecule has 1 N–H and O–H groups in total. The van der Waals surface area contributed by atoms with Crippen LogP contribution in [0.25, 0.3) is 0 Å². The first-order chi connectivity index (χ1) is 13.2. The van der Waals surface area contributed by atoms with E-state index in [1.165, 1.54) is 0 Å². The Morgan fingerprint density at radius 1 is 1.11 bits per heavy atom. The molecule has 3 rings (SSSR count). The monoisotopic (exact) mass is 380 g/mol. The number of ether oxygens (including phenoxy) is 1. The summed E-state index contributed by atoms with van der Waals surface area (Å²) >= 11 is 0. The molecule has 0 spiro atoms. The van der Waals surface area contributed by atoms with Crippen LogP contribution in [0.2, 0.25) is 0 Å². The first-order valence-electron chi connectivity index (χ1n) is 9.02. The molecule has 1 aromatic carbocycles. The third-order valence-corrected chi connectivity index (χ3v) is 4.26. The van der Waals surface area contributed by atoms with Crippen molar-refractivity contribution in [1.82, 2.24) is 15.1 Å². The van der Waals surface area contributed by atoms with Crippen LogP contribution < -0.4 is 10.1 Å². The zero-order chi connectivity index (χ0) is 20.3. The number of hydrogen-bond donors (Lipinski definition) is 1. The maximum Gasteiger partial charge on any atom is 0.255 e. The summed E-state index contributed by atoms with van der Waals surface area (Å²) in [6.07, 6.45) is 3.24. The van der Waals surface area contributed by atoms with Crippen molar-refractivity contribution in [2.75, 3.05) is 5.32 Å². The SMILES string of the molecule is Cc1noc(C)c1COc1ccc(C(=O)Nc2cnc(C(C)(C)C)nc2)cc1. The molecule has 2 heterocycles. The van der Waals surface area contributed by atoms with Crippen LogP contribution in [0.1, 0.15) is 54.0 Å². The molecule has 0 aliphatic heterocycles. The van der Waals surface area contributed by atoms with E-state index in [1.54, 1.807) is 36.7 Å². The van der Waals surface area contributed by atoms with E-state index in [9.17, 15) is 4.79 Å². The van der Waals surface area contributed by atoms with Gasteiger partial charge in [-0.25, -0.2) is 9.97 Å². The number of amides is 1. The standard InChI is InChI=1S/C21H24N4O3/c1-13-18(14(2)28-25-13)12-27-17-8-6-15(7-9-17)19(26)24-16-10-22-20(23-11-16)21(3,4)5/h6-11H,12H2,1-5H3,(H,24,26). The average molecular weight is 380 g/mol. The van der Waals surface area contributed by atoms with Gasteiger partial charge in [0, 0.05) is 11.0 Å². The van der Waals surface area contributed by atoms with Gasteiger partial charge in [-0.15, -0.1) is 0 Å². The van der Waals surface area contributed by atoms with Crippen molar-refractivity contribution in [2.45, 2.75) is 46.6 Å². The Balaban J connectivity index is 1.60. The second-order valence-electron chi connectivity index (χ2n) is 7.62. The number of carbonyl (C=O) groups is 1. The Morgan fingerprint density at radius 2 is 1.75 bits per heavy atom. The van der Waals surface area contributed by atoms with E-state index < -0.39 is 0 Å². The van der Waals surface area contributed by atoms with Crippen LogP contribution in [0, 0.1) is 13.8 Å². The van der Waals surface area contributed by atoms with Gasteiger partial charge in [0.1, 0.15) is 23.9 Å². The quantitative estimate of drug-likeness (QED) is 0.713. The minimum Gasteiger partial charge on any atom is -0.489 e. The predicted octanol–water partition coefficient (Wildman–Crippen LogP) is 4.21. The van der Waals surface area contributed by atoms with Gasteiger partial charge in [0.2, 0.25) is 0 Å². The minimum absolute atomic E-state index is 0.137. The molecule has 0 saturated heterocycles. The summed E-state index contributed by atoms with van der Waals surface area (Å²) in [4.78, 5) is 21.0. The Kier molecular flexibility index (Phi) is 5.44. The van der Waals surface area contributed by atoms with Gasteiger partial charge in [-0.05, 0) is 38.1 Å². The van der Waals surface area contributed by atoms with Gasteiger partial charge in [0.05, 0.1) is 29.3 Å². The topological polar surface area (TPSA) is 90.1 Å². The normalized spacial score (nSPS) is 11.3. The number of nitrogens with one attached hydrogen (secondary N) is 1. The van der Waals surface area contributed by atoms with Crippen LogP contribution in [0.15, 0.2) is 41.2 Å². The molecule has 7 heteroatoms. The number of carbonyl (C=O) groups excluding carboxylic acids is 1. The van der Waals surface area contributed by atoms with E-state index >= 15 is 0 Å². The van der Waals surface area contributed by atoms with Gasteiger partial charge in [-0.3, -0.25) is 4.79 Å². The Hall–Kier alpha value is -3.22. The molecule has 3 aromatic rings. The average Bonchev–Trinajstić information content (AvgIpc) is 2.98. The molecule has 0 atom stereocenters. The first kappa shape index (κ1) is 19.5. The largest absolute Gasteiger partial charge is 0.489 e. The van der Waals surface area contributed by atoms with Gasteiger partial charge in [-0.2, -0.15) is 0 Å². The third kappa shape index (κ3) is 4.54. The molecule has 0 fully saturated rings. The number of anilines is 1. The number of hydrogen-bond acceptors (Lipinski definition) is 6. The van der Waals surface area contributed by atoms with E-state index in [0.29, 0.717) is 23.6 Å². The van der Waals surface area contributed by atoms with E-state index in [2.05, 4.69) is 20.4 Å². The van der Waals surface area contributed by atoms with E-state index in [1.807, 2.05) is 34.6 Å². The van der Waals surface area contributed by atoms with Crippen LogP contribution in [0.3, 0.4) is 0 Å². The fourth-order valence-electron chi connectivity index (χ4n) is 2.55. The van der Waals surface area contributed by atoms with Crippen molar-refractivity contribution in [3.05, 3.63) is 65.1 Å². The predicted molar refractivity (Wildman–Crippen MR) is 105 cm³/mol. The number of aryl methyl sites for hydroxylation is 2. The van der Waals surface area contributed by atoms with Crippen LogP contribution in [0.4, 0.5) is 5.69 Å². The summed E-state index contributed by atoms with van der Waals surface area (Å²) in [5.41, 5.74) is 2.68. The molecular weight excluding hydrogens is 356 g/mol.